The Morgan fingerprint density at radius 2 is 1.73 bits per heavy atom. The molecule has 0 aliphatic heterocycles. The molecule has 0 aliphatic carbocycles. The van der Waals surface area contributed by atoms with Crippen molar-refractivity contribution in [1.29, 1.82) is 0 Å². The molecule has 2 heterocycles. The second-order valence-corrected chi connectivity index (χ2v) is 10.1. The summed E-state index contributed by atoms with van der Waals surface area (Å²) in [5, 5.41) is 0.533. The van der Waals surface area contributed by atoms with Crippen molar-refractivity contribution in [2.24, 2.45) is 7.05 Å². The SMILES string of the molecule is Cn1c(C(=O)NS(=O)(=O)c2cc(F)ccc2F)c(-n2c(=O)[nH]c3ccccc3c2=O)c2cc(Cl)ccc21. The van der Waals surface area contributed by atoms with E-state index in [0.29, 0.717) is 22.2 Å². The van der Waals surface area contributed by atoms with Crippen molar-refractivity contribution < 1.29 is 22.0 Å². The van der Waals surface area contributed by atoms with E-state index in [1.165, 1.54) is 41.9 Å². The normalized spacial score (nSPS) is 11.8. The van der Waals surface area contributed by atoms with Crippen LogP contribution in [0.15, 0.2) is 75.1 Å². The van der Waals surface area contributed by atoms with E-state index < -0.39 is 49.4 Å². The van der Waals surface area contributed by atoms with E-state index >= 15 is 0 Å². The van der Waals surface area contributed by atoms with Crippen LogP contribution in [-0.4, -0.2) is 28.4 Å². The minimum absolute atomic E-state index is 0.127. The highest BCUT2D eigenvalue weighted by Crippen LogP contribution is 2.30. The number of rotatable bonds is 4. The summed E-state index contributed by atoms with van der Waals surface area (Å²) in [5.74, 6) is -3.62. The number of nitrogens with zero attached hydrogens (tertiary/aromatic N) is 2. The predicted molar refractivity (Wildman–Crippen MR) is 133 cm³/mol. The van der Waals surface area contributed by atoms with Gasteiger partial charge in [-0.3, -0.25) is 9.59 Å². The molecule has 9 nitrogen and oxygen atoms in total. The molecular formula is C24H15ClF2N4O5S. The van der Waals surface area contributed by atoms with Gasteiger partial charge < -0.3 is 9.55 Å². The van der Waals surface area contributed by atoms with Gasteiger partial charge in [0.25, 0.3) is 21.5 Å². The molecule has 5 aromatic rings. The zero-order valence-corrected chi connectivity index (χ0v) is 20.3. The molecule has 0 atom stereocenters. The first-order valence-electron chi connectivity index (χ1n) is 10.5. The molecule has 0 unspecified atom stereocenters. The zero-order chi connectivity index (χ0) is 26.6. The molecule has 2 N–H and O–H groups in total. The summed E-state index contributed by atoms with van der Waals surface area (Å²) in [6.07, 6.45) is 0. The first kappa shape index (κ1) is 24.4. The number of nitrogens with one attached hydrogen (secondary N) is 2. The largest absolute Gasteiger partial charge is 0.338 e. The number of H-pyrrole nitrogens is 1. The van der Waals surface area contributed by atoms with Crippen LogP contribution < -0.4 is 16.0 Å². The second kappa shape index (κ2) is 8.68. The average Bonchev–Trinajstić information content (AvgIpc) is 3.11. The Morgan fingerprint density at radius 3 is 2.49 bits per heavy atom. The number of benzene rings is 3. The number of aromatic nitrogens is 3. The van der Waals surface area contributed by atoms with Crippen molar-refractivity contribution in [3.05, 3.63) is 104 Å². The maximum atomic E-state index is 14.2. The van der Waals surface area contributed by atoms with Crippen LogP contribution in [-0.2, 0) is 17.1 Å². The number of carbonyl (C=O) groups excluding carboxylic acids is 1. The van der Waals surface area contributed by atoms with Gasteiger partial charge in [0.2, 0.25) is 0 Å². The van der Waals surface area contributed by atoms with Crippen molar-refractivity contribution in [2.45, 2.75) is 4.90 Å². The fourth-order valence-electron chi connectivity index (χ4n) is 4.16. The van der Waals surface area contributed by atoms with Crippen molar-refractivity contribution in [2.75, 3.05) is 0 Å². The number of fused-ring (bicyclic) bond motifs is 2. The lowest BCUT2D eigenvalue weighted by atomic mass is 10.2. The first-order chi connectivity index (χ1) is 17.5. The molecule has 13 heteroatoms. The quantitative estimate of drug-likeness (QED) is 0.360. The molecule has 0 saturated heterocycles. The smallest absolute Gasteiger partial charge is 0.333 e. The summed E-state index contributed by atoms with van der Waals surface area (Å²) in [4.78, 5) is 41.4. The Morgan fingerprint density at radius 1 is 1.00 bits per heavy atom. The lowest BCUT2D eigenvalue weighted by Crippen LogP contribution is -2.37. The lowest BCUT2D eigenvalue weighted by molar-refractivity contribution is 0.0974. The van der Waals surface area contributed by atoms with Crippen LogP contribution in [0.4, 0.5) is 8.78 Å². The van der Waals surface area contributed by atoms with Crippen molar-refractivity contribution in [3.8, 4) is 5.69 Å². The fraction of sp³-hybridized carbons (Fsp3) is 0.0417. The third-order valence-corrected chi connectivity index (χ3v) is 7.37. The van der Waals surface area contributed by atoms with E-state index in [4.69, 9.17) is 11.6 Å². The van der Waals surface area contributed by atoms with Crippen LogP contribution in [0, 0.1) is 11.6 Å². The van der Waals surface area contributed by atoms with Crippen molar-refractivity contribution >= 4 is 49.3 Å². The minimum Gasteiger partial charge on any atom is -0.338 e. The van der Waals surface area contributed by atoms with Crippen LogP contribution in [0.3, 0.4) is 0 Å². The third kappa shape index (κ3) is 3.99. The van der Waals surface area contributed by atoms with Gasteiger partial charge in [0.05, 0.1) is 22.1 Å². The monoisotopic (exact) mass is 544 g/mol. The van der Waals surface area contributed by atoms with E-state index in [1.807, 2.05) is 0 Å². The van der Waals surface area contributed by atoms with Crippen molar-refractivity contribution in [3.63, 3.8) is 0 Å². The Bertz CT molecular complexity index is 2000. The van der Waals surface area contributed by atoms with E-state index in [-0.39, 0.29) is 27.0 Å². The van der Waals surface area contributed by atoms with Gasteiger partial charge in [-0.25, -0.2) is 31.3 Å². The number of sulfonamides is 1. The summed E-state index contributed by atoms with van der Waals surface area (Å²) in [6.45, 7) is 0. The summed E-state index contributed by atoms with van der Waals surface area (Å²) in [6, 6.07) is 12.4. The zero-order valence-electron chi connectivity index (χ0n) is 18.8. The summed E-state index contributed by atoms with van der Waals surface area (Å²) in [7, 11) is -3.50. The number of hydrogen-bond donors (Lipinski definition) is 2. The summed E-state index contributed by atoms with van der Waals surface area (Å²) in [5.41, 5.74) is -1.75. The molecule has 0 spiro atoms. The van der Waals surface area contributed by atoms with Gasteiger partial charge in [-0.05, 0) is 48.5 Å². The molecule has 37 heavy (non-hydrogen) atoms. The second-order valence-electron chi connectivity index (χ2n) is 8.04. The molecule has 0 radical (unpaired) electrons. The van der Waals surface area contributed by atoms with Gasteiger partial charge in [-0.2, -0.15) is 0 Å². The number of halogens is 3. The molecule has 2 aromatic heterocycles. The van der Waals surface area contributed by atoms with Crippen LogP contribution >= 0.6 is 11.6 Å². The van der Waals surface area contributed by atoms with Crippen LogP contribution in [0.2, 0.25) is 5.02 Å². The topological polar surface area (TPSA) is 123 Å². The van der Waals surface area contributed by atoms with Gasteiger partial charge in [0.1, 0.15) is 22.2 Å². The maximum absolute atomic E-state index is 14.2. The van der Waals surface area contributed by atoms with Crippen LogP contribution in [0.1, 0.15) is 10.5 Å². The summed E-state index contributed by atoms with van der Waals surface area (Å²) < 4.78 is 57.1. The number of para-hydroxylation sites is 1. The molecule has 0 saturated carbocycles. The van der Waals surface area contributed by atoms with E-state index in [9.17, 15) is 31.6 Å². The fourth-order valence-corrected chi connectivity index (χ4v) is 5.37. The van der Waals surface area contributed by atoms with Crippen molar-refractivity contribution in [1.82, 2.24) is 18.8 Å². The molecule has 188 valence electrons. The van der Waals surface area contributed by atoms with E-state index in [0.717, 1.165) is 6.07 Å². The number of aryl methyl sites for hydroxylation is 1. The van der Waals surface area contributed by atoms with Gasteiger partial charge in [-0.15, -0.1) is 0 Å². The Balaban J connectivity index is 1.79. The highest BCUT2D eigenvalue weighted by atomic mass is 35.5. The number of aromatic amines is 1. The predicted octanol–water partition coefficient (Wildman–Crippen LogP) is 3.22. The Labute approximate surface area is 211 Å². The lowest BCUT2D eigenvalue weighted by Gasteiger charge is -2.12. The van der Waals surface area contributed by atoms with Gasteiger partial charge in [0.15, 0.2) is 0 Å². The molecule has 0 fully saturated rings. The molecular weight excluding hydrogens is 530 g/mol. The molecule has 1 amide bonds. The van der Waals surface area contributed by atoms with E-state index in [2.05, 4.69) is 4.98 Å². The maximum Gasteiger partial charge on any atom is 0.333 e. The highest BCUT2D eigenvalue weighted by molar-refractivity contribution is 7.90. The third-order valence-electron chi connectivity index (χ3n) is 5.79. The minimum atomic E-state index is -4.90. The van der Waals surface area contributed by atoms with Gasteiger partial charge in [-0.1, -0.05) is 23.7 Å². The van der Waals surface area contributed by atoms with Crippen LogP contribution in [0.25, 0.3) is 27.5 Å². The number of carbonyl (C=O) groups is 1. The Kier molecular flexibility index (Phi) is 5.72. The Hall–Kier alpha value is -4.29. The number of amides is 1. The average molecular weight is 545 g/mol. The van der Waals surface area contributed by atoms with Gasteiger partial charge >= 0.3 is 5.69 Å². The molecule has 5 rings (SSSR count). The number of hydrogen-bond acceptors (Lipinski definition) is 5. The molecule has 0 bridgehead atoms. The standard InChI is InChI=1S/C24H15ClF2N4O5S/c1-30-18-9-6-12(25)10-15(18)20(31-23(33)14-4-2-3-5-17(14)28-24(31)34)21(30)22(32)29-37(35,36)19-11-13(26)7-8-16(19)27/h2-11H,1H3,(H,28,34)(H,29,32). The first-order valence-corrected chi connectivity index (χ1v) is 12.4. The van der Waals surface area contributed by atoms with E-state index in [1.54, 1.807) is 16.9 Å². The van der Waals surface area contributed by atoms with Gasteiger partial charge in [0, 0.05) is 17.5 Å². The highest BCUT2D eigenvalue weighted by Gasteiger charge is 2.30. The summed E-state index contributed by atoms with van der Waals surface area (Å²) >= 11 is 6.16. The molecule has 3 aromatic carbocycles. The molecule has 0 aliphatic rings. The van der Waals surface area contributed by atoms with Crippen LogP contribution in [0.5, 0.6) is 0 Å².